The molecule has 0 aliphatic rings. The van der Waals surface area contributed by atoms with Gasteiger partial charge < -0.3 is 20.3 Å². The van der Waals surface area contributed by atoms with Gasteiger partial charge in [0.15, 0.2) is 0 Å². The van der Waals surface area contributed by atoms with E-state index in [1.165, 1.54) is 103 Å². The average Bonchev–Trinajstić information content (AvgIpc) is 3.28. The highest BCUT2D eigenvalue weighted by Crippen LogP contribution is 2.17. The molecule has 0 fully saturated rings. The van der Waals surface area contributed by atoms with Gasteiger partial charge in [0.1, 0.15) is 6.10 Å². The van der Waals surface area contributed by atoms with E-state index in [2.05, 4.69) is 111 Å². The number of aliphatic hydroxyl groups excluding tert-OH is 2. The lowest BCUT2D eigenvalue weighted by molar-refractivity contribution is -0.151. The summed E-state index contributed by atoms with van der Waals surface area (Å²) < 4.78 is 5.91. The minimum atomic E-state index is -0.808. The van der Waals surface area contributed by atoms with E-state index in [1.54, 1.807) is 0 Å². The number of ether oxygens (including phenoxy) is 1. The molecule has 0 aromatic heterocycles. The van der Waals surface area contributed by atoms with Gasteiger partial charge in [-0.05, 0) is 89.9 Å². The molecule has 0 aromatic rings. The van der Waals surface area contributed by atoms with E-state index in [4.69, 9.17) is 4.74 Å². The summed E-state index contributed by atoms with van der Waals surface area (Å²) in [5, 5.41) is 23.8. The van der Waals surface area contributed by atoms with Crippen LogP contribution < -0.4 is 5.32 Å². The minimum Gasteiger partial charge on any atom is -0.462 e. The van der Waals surface area contributed by atoms with Gasteiger partial charge in [-0.3, -0.25) is 9.59 Å². The van der Waals surface area contributed by atoms with E-state index >= 15 is 0 Å². The van der Waals surface area contributed by atoms with Crippen molar-refractivity contribution in [1.82, 2.24) is 5.32 Å². The summed E-state index contributed by atoms with van der Waals surface area (Å²) in [6.07, 6.45) is 65.0. The summed E-state index contributed by atoms with van der Waals surface area (Å²) in [7, 11) is 0. The van der Waals surface area contributed by atoms with Gasteiger partial charge in [-0.15, -0.1) is 0 Å². The number of nitrogens with one attached hydrogen (secondary N) is 1. The fourth-order valence-corrected chi connectivity index (χ4v) is 7.51. The largest absolute Gasteiger partial charge is 0.462 e. The zero-order chi connectivity index (χ0) is 45.9. The van der Waals surface area contributed by atoms with Crippen molar-refractivity contribution in [3.05, 3.63) is 85.1 Å². The minimum absolute atomic E-state index is 0.0301. The van der Waals surface area contributed by atoms with Crippen LogP contribution in [0.3, 0.4) is 0 Å². The van der Waals surface area contributed by atoms with E-state index in [9.17, 15) is 19.8 Å². The van der Waals surface area contributed by atoms with Crippen LogP contribution in [0.2, 0.25) is 0 Å². The van der Waals surface area contributed by atoms with Crippen LogP contribution in [0.25, 0.3) is 0 Å². The molecule has 0 bridgehead atoms. The van der Waals surface area contributed by atoms with Crippen LogP contribution in [0.1, 0.15) is 239 Å². The van der Waals surface area contributed by atoms with Gasteiger partial charge in [0, 0.05) is 6.42 Å². The molecule has 6 heteroatoms. The van der Waals surface area contributed by atoms with Gasteiger partial charge in [-0.2, -0.15) is 0 Å². The number of allylic oxidation sites excluding steroid dienone is 14. The normalized spacial score (nSPS) is 13.9. The van der Waals surface area contributed by atoms with Crippen molar-refractivity contribution in [2.45, 2.75) is 257 Å². The van der Waals surface area contributed by atoms with Crippen molar-refractivity contribution in [1.29, 1.82) is 0 Å². The molecule has 0 aromatic carbocycles. The third-order valence-electron chi connectivity index (χ3n) is 11.5. The van der Waals surface area contributed by atoms with Gasteiger partial charge in [0.2, 0.25) is 5.91 Å². The molecule has 362 valence electrons. The van der Waals surface area contributed by atoms with Gasteiger partial charge in [0.25, 0.3) is 0 Å². The smallest absolute Gasteiger partial charge is 0.306 e. The first-order chi connectivity index (χ1) is 31.0. The first-order valence-corrected chi connectivity index (χ1v) is 26.3. The maximum Gasteiger partial charge on any atom is 0.306 e. The average molecular weight is 878 g/mol. The van der Waals surface area contributed by atoms with Gasteiger partial charge >= 0.3 is 5.97 Å². The molecule has 0 heterocycles. The predicted octanol–water partition coefficient (Wildman–Crippen LogP) is 16.0. The monoisotopic (exact) mass is 878 g/mol. The Balaban J connectivity index is 4.73. The molecular weight excluding hydrogens is 779 g/mol. The summed E-state index contributed by atoms with van der Waals surface area (Å²) in [5.41, 5.74) is 0. The Morgan fingerprint density at radius 2 is 0.921 bits per heavy atom. The second kappa shape index (κ2) is 50.0. The van der Waals surface area contributed by atoms with E-state index < -0.39 is 18.2 Å². The number of amides is 1. The number of hydrogen-bond donors (Lipinski definition) is 3. The van der Waals surface area contributed by atoms with Crippen LogP contribution in [0.4, 0.5) is 0 Å². The molecule has 3 N–H and O–H groups in total. The van der Waals surface area contributed by atoms with Crippen LogP contribution in [0, 0.1) is 0 Å². The molecule has 0 spiro atoms. The summed E-state index contributed by atoms with van der Waals surface area (Å²) in [4.78, 5) is 26.2. The van der Waals surface area contributed by atoms with Crippen LogP contribution >= 0.6 is 0 Å². The van der Waals surface area contributed by atoms with Crippen molar-refractivity contribution < 1.29 is 24.5 Å². The number of aliphatic hydroxyl groups is 2. The Morgan fingerprint density at radius 3 is 1.44 bits per heavy atom. The summed E-state index contributed by atoms with van der Waals surface area (Å²) >= 11 is 0. The SMILES string of the molecule is CC/C=C\C/C=C\C/C=C\C/C=C\C/C=C\CCCC(CC(=O)NC(CO)C(O)CCCCCCCCCCCCCC)OC(=O)CCCCCCCC/C=C/C=C/CCCCC. The zero-order valence-electron chi connectivity index (χ0n) is 41.2. The van der Waals surface area contributed by atoms with Crippen molar-refractivity contribution in [3.63, 3.8) is 0 Å². The Bertz CT molecular complexity index is 1210. The van der Waals surface area contributed by atoms with E-state index in [1.807, 2.05) is 0 Å². The molecule has 63 heavy (non-hydrogen) atoms. The molecule has 3 atom stereocenters. The van der Waals surface area contributed by atoms with E-state index in [-0.39, 0.29) is 24.9 Å². The van der Waals surface area contributed by atoms with Crippen molar-refractivity contribution in [3.8, 4) is 0 Å². The number of hydrogen-bond acceptors (Lipinski definition) is 5. The zero-order valence-corrected chi connectivity index (χ0v) is 41.2. The summed E-state index contributed by atoms with van der Waals surface area (Å²) in [6.45, 7) is 6.32. The number of unbranched alkanes of at least 4 members (excludes halogenated alkanes) is 21. The number of esters is 1. The van der Waals surface area contributed by atoms with Gasteiger partial charge in [-0.25, -0.2) is 0 Å². The first-order valence-electron chi connectivity index (χ1n) is 26.3. The van der Waals surface area contributed by atoms with Crippen LogP contribution in [-0.4, -0.2) is 46.9 Å². The van der Waals surface area contributed by atoms with Crippen molar-refractivity contribution in [2.75, 3.05) is 6.61 Å². The molecule has 0 radical (unpaired) electrons. The van der Waals surface area contributed by atoms with Crippen LogP contribution in [0.15, 0.2) is 85.1 Å². The third kappa shape index (κ3) is 45.4. The Kier molecular flexibility index (Phi) is 47.7. The van der Waals surface area contributed by atoms with Crippen LogP contribution in [0.5, 0.6) is 0 Å². The summed E-state index contributed by atoms with van der Waals surface area (Å²) in [5.74, 6) is -0.547. The topological polar surface area (TPSA) is 95.9 Å². The maximum absolute atomic E-state index is 13.2. The quantitative estimate of drug-likeness (QED) is 0.0245. The highest BCUT2D eigenvalue weighted by molar-refractivity contribution is 5.77. The maximum atomic E-state index is 13.2. The third-order valence-corrected chi connectivity index (χ3v) is 11.5. The number of carbonyl (C=O) groups excluding carboxylic acids is 2. The van der Waals surface area contributed by atoms with Gasteiger partial charge in [0.05, 0.1) is 25.2 Å². The first kappa shape index (κ1) is 60.0. The number of carbonyl (C=O) groups is 2. The Hall–Kier alpha value is -2.96. The molecular formula is C57H99NO5. The molecule has 3 unspecified atom stereocenters. The van der Waals surface area contributed by atoms with E-state index in [0.717, 1.165) is 89.9 Å². The van der Waals surface area contributed by atoms with Crippen molar-refractivity contribution >= 4 is 11.9 Å². The number of rotatable bonds is 46. The standard InChI is InChI=1S/C57H99NO5/c1-4-7-10-13-16-19-22-25-27-28-30-31-33-36-39-42-45-48-53(63-57(62)50-47-44-41-38-35-32-29-26-23-20-17-14-11-8-5-2)51-56(61)58-54(52-59)55(60)49-46-43-40-37-34-24-21-18-15-12-9-6-3/h7,10,16-17,19-20,23,25-27,30-31,36,39,53-55,59-60H,4-6,8-9,11-15,18,21-22,24,28-29,32-35,37-38,40-52H2,1-3H3,(H,58,61)/b10-7-,19-16-,20-17+,26-23+,27-25-,31-30-,39-36-. The molecule has 0 aliphatic carbocycles. The highest BCUT2D eigenvalue weighted by Gasteiger charge is 2.24. The fraction of sp³-hybridized carbons (Fsp3) is 0.719. The lowest BCUT2D eigenvalue weighted by Gasteiger charge is -2.24. The Morgan fingerprint density at radius 1 is 0.492 bits per heavy atom. The molecule has 6 nitrogen and oxygen atoms in total. The second-order valence-corrected chi connectivity index (χ2v) is 17.6. The fourth-order valence-electron chi connectivity index (χ4n) is 7.51. The molecule has 0 rings (SSSR count). The highest BCUT2D eigenvalue weighted by atomic mass is 16.5. The molecule has 1 amide bonds. The molecule has 0 saturated carbocycles. The predicted molar refractivity (Wildman–Crippen MR) is 273 cm³/mol. The lowest BCUT2D eigenvalue weighted by atomic mass is 10.0. The van der Waals surface area contributed by atoms with Gasteiger partial charge in [-0.1, -0.05) is 221 Å². The lowest BCUT2D eigenvalue weighted by Crippen LogP contribution is -2.46. The second-order valence-electron chi connectivity index (χ2n) is 17.6. The molecule has 0 aliphatic heterocycles. The van der Waals surface area contributed by atoms with E-state index in [0.29, 0.717) is 19.3 Å². The van der Waals surface area contributed by atoms with Crippen LogP contribution in [-0.2, 0) is 14.3 Å². The Labute approximate surface area is 389 Å². The summed E-state index contributed by atoms with van der Waals surface area (Å²) in [6, 6.07) is -0.726. The van der Waals surface area contributed by atoms with Crippen molar-refractivity contribution in [2.24, 2.45) is 0 Å². The molecule has 0 saturated heterocycles.